The molecule has 2 aromatic rings. The number of rotatable bonds is 3. The molecule has 9 heteroatoms. The van der Waals surface area contributed by atoms with Crippen LogP contribution in [0.1, 0.15) is 5.56 Å². The van der Waals surface area contributed by atoms with Crippen molar-refractivity contribution >= 4 is 39.0 Å². The van der Waals surface area contributed by atoms with Crippen LogP contribution in [0.5, 0.6) is 0 Å². The molecule has 3 rings (SSSR count). The van der Waals surface area contributed by atoms with E-state index in [1.54, 1.807) is 18.2 Å². The Balaban J connectivity index is 1.96. The molecular weight excluding hydrogens is 330 g/mol. The largest absolute Gasteiger partial charge is 0.369 e. The van der Waals surface area contributed by atoms with Gasteiger partial charge in [-0.25, -0.2) is 4.99 Å². The third kappa shape index (κ3) is 2.97. The van der Waals surface area contributed by atoms with Crippen LogP contribution < -0.4 is 16.8 Å². The highest BCUT2D eigenvalue weighted by molar-refractivity contribution is 7.90. The first kappa shape index (κ1) is 15.7. The molecule has 24 heavy (non-hydrogen) atoms. The summed E-state index contributed by atoms with van der Waals surface area (Å²) in [5, 5.41) is 2.71. The SMILES string of the molecule is NC(N)=NS(=O)(=O)c1ccc(N=C2C(=O)Nc3ccccc32)cc1. The van der Waals surface area contributed by atoms with E-state index in [0.717, 1.165) is 0 Å². The number of hydrogen-bond acceptors (Lipinski definition) is 4. The van der Waals surface area contributed by atoms with Gasteiger partial charge in [-0.3, -0.25) is 4.79 Å². The minimum atomic E-state index is -3.95. The number of carbonyl (C=O) groups excluding carboxylic acids is 1. The van der Waals surface area contributed by atoms with Gasteiger partial charge in [-0.2, -0.15) is 8.42 Å². The van der Waals surface area contributed by atoms with Crippen LogP contribution in [0, 0.1) is 0 Å². The summed E-state index contributed by atoms with van der Waals surface area (Å²) < 4.78 is 26.9. The lowest BCUT2D eigenvalue weighted by Gasteiger charge is -2.01. The number of anilines is 1. The predicted molar refractivity (Wildman–Crippen MR) is 90.7 cm³/mol. The zero-order valence-electron chi connectivity index (χ0n) is 12.3. The van der Waals surface area contributed by atoms with Crippen molar-refractivity contribution in [3.05, 3.63) is 54.1 Å². The van der Waals surface area contributed by atoms with Gasteiger partial charge in [0.25, 0.3) is 15.9 Å². The summed E-state index contributed by atoms with van der Waals surface area (Å²) in [6.45, 7) is 0. The summed E-state index contributed by atoms with van der Waals surface area (Å²) in [6, 6.07) is 12.8. The van der Waals surface area contributed by atoms with Crippen LogP contribution in [0.2, 0.25) is 0 Å². The van der Waals surface area contributed by atoms with Crippen molar-refractivity contribution in [1.29, 1.82) is 0 Å². The number of sulfonamides is 1. The Morgan fingerprint density at radius 1 is 1.00 bits per heavy atom. The normalized spacial score (nSPS) is 15.0. The zero-order chi connectivity index (χ0) is 17.3. The van der Waals surface area contributed by atoms with Gasteiger partial charge in [0, 0.05) is 5.56 Å². The van der Waals surface area contributed by atoms with Crippen molar-refractivity contribution in [3.8, 4) is 0 Å². The number of guanidine groups is 1. The molecule has 2 aromatic carbocycles. The van der Waals surface area contributed by atoms with E-state index in [0.29, 0.717) is 16.9 Å². The number of nitrogens with zero attached hydrogens (tertiary/aromatic N) is 2. The van der Waals surface area contributed by atoms with Crippen molar-refractivity contribution in [1.82, 2.24) is 0 Å². The summed E-state index contributed by atoms with van der Waals surface area (Å²) in [6.07, 6.45) is 0. The molecule has 1 aliphatic rings. The van der Waals surface area contributed by atoms with Gasteiger partial charge in [0.15, 0.2) is 0 Å². The van der Waals surface area contributed by atoms with Crippen LogP contribution in [-0.4, -0.2) is 26.0 Å². The molecule has 1 heterocycles. The lowest BCUT2D eigenvalue weighted by molar-refractivity contribution is -0.110. The van der Waals surface area contributed by atoms with Gasteiger partial charge in [-0.1, -0.05) is 18.2 Å². The van der Waals surface area contributed by atoms with Crippen LogP contribution in [0.4, 0.5) is 11.4 Å². The fraction of sp³-hybridized carbons (Fsp3) is 0. The maximum absolute atomic E-state index is 12.0. The van der Waals surface area contributed by atoms with Gasteiger partial charge >= 0.3 is 0 Å². The van der Waals surface area contributed by atoms with E-state index in [-0.39, 0.29) is 16.5 Å². The summed E-state index contributed by atoms with van der Waals surface area (Å²) in [5.74, 6) is -0.855. The third-order valence-corrected chi connectivity index (χ3v) is 4.57. The molecule has 0 atom stereocenters. The predicted octanol–water partition coefficient (Wildman–Crippen LogP) is 0.722. The van der Waals surface area contributed by atoms with Crippen molar-refractivity contribution in [2.45, 2.75) is 4.90 Å². The zero-order valence-corrected chi connectivity index (χ0v) is 13.1. The van der Waals surface area contributed by atoms with E-state index in [4.69, 9.17) is 11.5 Å². The number of amides is 1. The van der Waals surface area contributed by atoms with Crippen LogP contribution in [0.3, 0.4) is 0 Å². The van der Waals surface area contributed by atoms with Gasteiger partial charge in [-0.05, 0) is 30.3 Å². The molecular formula is C15H13N5O3S. The Morgan fingerprint density at radius 2 is 1.67 bits per heavy atom. The molecule has 0 aromatic heterocycles. The number of hydrogen-bond donors (Lipinski definition) is 3. The average molecular weight is 343 g/mol. The highest BCUT2D eigenvalue weighted by atomic mass is 32.2. The highest BCUT2D eigenvalue weighted by Gasteiger charge is 2.25. The molecule has 0 fully saturated rings. The van der Waals surface area contributed by atoms with Crippen LogP contribution in [-0.2, 0) is 14.8 Å². The Labute approximate surface area is 138 Å². The second-order valence-corrected chi connectivity index (χ2v) is 6.55. The van der Waals surface area contributed by atoms with Crippen LogP contribution >= 0.6 is 0 Å². The average Bonchev–Trinajstić information content (AvgIpc) is 2.83. The van der Waals surface area contributed by atoms with E-state index in [9.17, 15) is 13.2 Å². The van der Waals surface area contributed by atoms with Crippen molar-refractivity contribution < 1.29 is 13.2 Å². The lowest BCUT2D eigenvalue weighted by Crippen LogP contribution is -2.24. The molecule has 8 nitrogen and oxygen atoms in total. The number of aliphatic imine (C=N–C) groups is 1. The smallest absolute Gasteiger partial charge is 0.285 e. The summed E-state index contributed by atoms with van der Waals surface area (Å²) in [7, 11) is -3.95. The topological polar surface area (TPSA) is 140 Å². The number of nitrogens with one attached hydrogen (secondary N) is 1. The summed E-state index contributed by atoms with van der Waals surface area (Å²) in [4.78, 5) is 16.2. The molecule has 1 aliphatic heterocycles. The number of para-hydroxylation sites is 1. The Hall–Kier alpha value is -3.20. The minimum absolute atomic E-state index is 0.0730. The van der Waals surface area contributed by atoms with Gasteiger partial charge in [-0.15, -0.1) is 4.40 Å². The molecule has 122 valence electrons. The standard InChI is InChI=1S/C15H13N5O3S/c16-15(17)20-24(22,23)10-7-5-9(6-8-10)18-13-11-3-1-2-4-12(11)19-14(13)21/h1-8H,(H4,16,17,20)(H,18,19,21). The van der Waals surface area contributed by atoms with Crippen molar-refractivity contribution in [2.24, 2.45) is 20.9 Å². The van der Waals surface area contributed by atoms with E-state index in [1.165, 1.54) is 24.3 Å². The van der Waals surface area contributed by atoms with E-state index in [1.807, 2.05) is 6.07 Å². The van der Waals surface area contributed by atoms with Gasteiger partial charge in [0.05, 0.1) is 16.3 Å². The third-order valence-electron chi connectivity index (χ3n) is 3.25. The monoisotopic (exact) mass is 343 g/mol. The maximum atomic E-state index is 12.0. The minimum Gasteiger partial charge on any atom is -0.369 e. The molecule has 0 aliphatic carbocycles. The molecule has 0 saturated carbocycles. The fourth-order valence-corrected chi connectivity index (χ4v) is 3.09. The van der Waals surface area contributed by atoms with Crippen molar-refractivity contribution in [3.63, 3.8) is 0 Å². The molecule has 0 radical (unpaired) electrons. The second kappa shape index (κ2) is 5.78. The van der Waals surface area contributed by atoms with Crippen LogP contribution in [0.15, 0.2) is 62.8 Å². The first-order valence-electron chi connectivity index (χ1n) is 6.82. The van der Waals surface area contributed by atoms with Gasteiger partial charge in [0.2, 0.25) is 5.96 Å². The lowest BCUT2D eigenvalue weighted by atomic mass is 10.1. The maximum Gasteiger partial charge on any atom is 0.285 e. The van der Waals surface area contributed by atoms with Gasteiger partial charge in [0.1, 0.15) is 5.71 Å². The number of benzene rings is 2. The van der Waals surface area contributed by atoms with E-state index in [2.05, 4.69) is 14.7 Å². The molecule has 1 amide bonds. The Morgan fingerprint density at radius 3 is 2.33 bits per heavy atom. The molecule has 0 bridgehead atoms. The summed E-state index contributed by atoms with van der Waals surface area (Å²) in [5.41, 5.74) is 12.3. The highest BCUT2D eigenvalue weighted by Crippen LogP contribution is 2.26. The number of fused-ring (bicyclic) bond motifs is 1. The first-order chi connectivity index (χ1) is 11.4. The van der Waals surface area contributed by atoms with Crippen molar-refractivity contribution in [2.75, 3.05) is 5.32 Å². The Bertz CT molecular complexity index is 974. The second-order valence-electron chi connectivity index (χ2n) is 4.95. The summed E-state index contributed by atoms with van der Waals surface area (Å²) >= 11 is 0. The Kier molecular flexibility index (Phi) is 3.78. The number of carbonyl (C=O) groups is 1. The van der Waals surface area contributed by atoms with E-state index < -0.39 is 16.0 Å². The molecule has 0 saturated heterocycles. The molecule has 0 spiro atoms. The quantitative estimate of drug-likeness (QED) is 0.556. The molecule has 5 N–H and O–H groups in total. The first-order valence-corrected chi connectivity index (χ1v) is 8.26. The van der Waals surface area contributed by atoms with E-state index >= 15 is 0 Å². The van der Waals surface area contributed by atoms with Gasteiger partial charge < -0.3 is 16.8 Å². The molecule has 0 unspecified atom stereocenters. The van der Waals surface area contributed by atoms with Crippen LogP contribution in [0.25, 0.3) is 0 Å². The number of nitrogens with two attached hydrogens (primary N) is 2. The fourth-order valence-electron chi connectivity index (χ4n) is 2.23.